The Morgan fingerprint density at radius 1 is 1.09 bits per heavy atom. The summed E-state index contributed by atoms with van der Waals surface area (Å²) in [5.74, 6) is -3.70. The van der Waals surface area contributed by atoms with Crippen LogP contribution in [0.15, 0.2) is 24.9 Å². The van der Waals surface area contributed by atoms with E-state index in [1.54, 1.807) is 9.72 Å². The van der Waals surface area contributed by atoms with Gasteiger partial charge in [-0.15, -0.1) is 0 Å². The average molecular weight is 493 g/mol. The summed E-state index contributed by atoms with van der Waals surface area (Å²) in [7, 11) is 0. The summed E-state index contributed by atoms with van der Waals surface area (Å²) in [6.45, 7) is 4.48. The molecule has 1 fully saturated rings. The van der Waals surface area contributed by atoms with Crippen LogP contribution in [0.1, 0.15) is 51.8 Å². The highest BCUT2D eigenvalue weighted by Crippen LogP contribution is 2.34. The molecular formula is C22H26F3N7O3. The number of carbonyl (C=O) groups is 3. The fourth-order valence-corrected chi connectivity index (χ4v) is 3.56. The minimum atomic E-state index is -5.17. The van der Waals surface area contributed by atoms with Gasteiger partial charge in [0.25, 0.3) is 0 Å². The Morgan fingerprint density at radius 2 is 1.74 bits per heavy atom. The number of nitriles is 1. The highest BCUT2D eigenvalue weighted by Gasteiger charge is 2.44. The normalized spacial score (nSPS) is 16.6. The number of imidazole rings is 1. The third-order valence-corrected chi connectivity index (χ3v) is 5.63. The summed E-state index contributed by atoms with van der Waals surface area (Å²) in [5.41, 5.74) is -0.130. The molecule has 0 bridgehead atoms. The van der Waals surface area contributed by atoms with Crippen LogP contribution in [0.3, 0.4) is 0 Å². The molecule has 3 N–H and O–H groups in total. The van der Waals surface area contributed by atoms with Crippen LogP contribution in [-0.2, 0) is 14.4 Å². The van der Waals surface area contributed by atoms with Crippen molar-refractivity contribution in [2.75, 3.05) is 0 Å². The maximum absolute atomic E-state index is 13.1. The Labute approximate surface area is 199 Å². The van der Waals surface area contributed by atoms with Gasteiger partial charge in [0.2, 0.25) is 11.8 Å². The van der Waals surface area contributed by atoms with E-state index < -0.39 is 47.4 Å². The van der Waals surface area contributed by atoms with Crippen molar-refractivity contribution < 1.29 is 27.6 Å². The second-order valence-electron chi connectivity index (χ2n) is 9.60. The lowest BCUT2D eigenvalue weighted by atomic mass is 9.85. The molecule has 10 nitrogen and oxygen atoms in total. The van der Waals surface area contributed by atoms with Crippen molar-refractivity contribution in [3.8, 4) is 6.07 Å². The maximum Gasteiger partial charge on any atom is 0.471 e. The Hall–Kier alpha value is -3.69. The first-order chi connectivity index (χ1) is 16.3. The molecule has 188 valence electrons. The van der Waals surface area contributed by atoms with E-state index in [0.29, 0.717) is 11.2 Å². The van der Waals surface area contributed by atoms with Gasteiger partial charge in [-0.25, -0.2) is 4.98 Å². The zero-order valence-electron chi connectivity index (χ0n) is 19.4. The molecule has 2 aromatic heterocycles. The Kier molecular flexibility index (Phi) is 7.33. The molecule has 3 atom stereocenters. The van der Waals surface area contributed by atoms with Gasteiger partial charge in [0.05, 0.1) is 42.2 Å². The van der Waals surface area contributed by atoms with Gasteiger partial charge in [-0.3, -0.25) is 23.8 Å². The fourth-order valence-electron chi connectivity index (χ4n) is 3.56. The number of halogens is 3. The van der Waals surface area contributed by atoms with E-state index in [0.717, 1.165) is 12.8 Å². The van der Waals surface area contributed by atoms with Gasteiger partial charge >= 0.3 is 12.1 Å². The first-order valence-electron chi connectivity index (χ1n) is 10.9. The summed E-state index contributed by atoms with van der Waals surface area (Å²) >= 11 is 0. The molecule has 3 amide bonds. The average Bonchev–Trinajstić information content (AvgIpc) is 3.45. The second-order valence-corrected chi connectivity index (χ2v) is 9.60. The summed E-state index contributed by atoms with van der Waals surface area (Å²) in [5, 5.41) is 16.5. The number of nitrogens with one attached hydrogen (secondary N) is 3. The van der Waals surface area contributed by atoms with E-state index in [-0.39, 0.29) is 12.3 Å². The van der Waals surface area contributed by atoms with Crippen molar-refractivity contribution in [1.82, 2.24) is 30.3 Å². The van der Waals surface area contributed by atoms with Crippen molar-refractivity contribution in [3.05, 3.63) is 30.6 Å². The van der Waals surface area contributed by atoms with Crippen molar-refractivity contribution in [2.24, 2.45) is 11.3 Å². The molecule has 1 aliphatic rings. The molecule has 13 heteroatoms. The molecule has 0 aromatic carbocycles. The summed E-state index contributed by atoms with van der Waals surface area (Å²) in [6, 6.07) is -1.82. The number of nitrogens with zero attached hydrogens (tertiary/aromatic N) is 4. The second kappa shape index (κ2) is 9.89. The predicted octanol–water partition coefficient (Wildman–Crippen LogP) is 1.79. The Bertz CT molecular complexity index is 1150. The molecule has 0 saturated heterocycles. The summed E-state index contributed by atoms with van der Waals surface area (Å²) < 4.78 is 40.0. The zero-order chi connectivity index (χ0) is 26.0. The standard InChI is InChI=1S/C22H26F3N7O3/c1-21(2,3)17(31-20(35)22(23,24)25)19(34)29-14(6-12-4-5-12)18(33)30-15(7-26)16-10-27-8-13-9-28-11-32(13)16/h8-12,14-15,17H,4-6H2,1-3H3,(H,29,34)(H,30,33)(H,31,35). The van der Waals surface area contributed by atoms with E-state index in [1.807, 2.05) is 6.07 Å². The highest BCUT2D eigenvalue weighted by molar-refractivity contribution is 5.93. The van der Waals surface area contributed by atoms with Gasteiger partial charge in [0, 0.05) is 0 Å². The van der Waals surface area contributed by atoms with E-state index in [4.69, 9.17) is 0 Å². The molecule has 35 heavy (non-hydrogen) atoms. The SMILES string of the molecule is CC(C)(C)C(NC(=O)C(F)(F)F)C(=O)NC(CC1CC1)C(=O)NC(C#N)c1cncc2cncn12. The number of alkyl halides is 3. The monoisotopic (exact) mass is 493 g/mol. The van der Waals surface area contributed by atoms with Crippen molar-refractivity contribution in [3.63, 3.8) is 0 Å². The number of hydrogen-bond donors (Lipinski definition) is 3. The molecular weight excluding hydrogens is 467 g/mol. The lowest BCUT2D eigenvalue weighted by molar-refractivity contribution is -0.175. The Morgan fingerprint density at radius 3 is 2.31 bits per heavy atom. The molecule has 0 radical (unpaired) electrons. The third kappa shape index (κ3) is 6.46. The van der Waals surface area contributed by atoms with Gasteiger partial charge in [-0.1, -0.05) is 33.6 Å². The van der Waals surface area contributed by atoms with Crippen molar-refractivity contribution >= 4 is 23.2 Å². The van der Waals surface area contributed by atoms with Crippen LogP contribution in [0.2, 0.25) is 0 Å². The largest absolute Gasteiger partial charge is 0.471 e. The lowest BCUT2D eigenvalue weighted by Crippen LogP contribution is -2.59. The van der Waals surface area contributed by atoms with Gasteiger partial charge in [-0.05, 0) is 17.8 Å². The number of rotatable bonds is 8. The van der Waals surface area contributed by atoms with Crippen LogP contribution in [0, 0.1) is 22.7 Å². The van der Waals surface area contributed by atoms with E-state index in [9.17, 15) is 32.8 Å². The van der Waals surface area contributed by atoms with Gasteiger partial charge in [0.1, 0.15) is 12.1 Å². The molecule has 3 rings (SSSR count). The Balaban J connectivity index is 1.79. The van der Waals surface area contributed by atoms with Crippen LogP contribution >= 0.6 is 0 Å². The van der Waals surface area contributed by atoms with Crippen LogP contribution in [0.4, 0.5) is 13.2 Å². The lowest BCUT2D eigenvalue weighted by Gasteiger charge is -2.32. The van der Waals surface area contributed by atoms with E-state index in [2.05, 4.69) is 20.6 Å². The minimum Gasteiger partial charge on any atom is -0.342 e. The van der Waals surface area contributed by atoms with Crippen LogP contribution in [0.5, 0.6) is 0 Å². The molecule has 0 aliphatic heterocycles. The quantitative estimate of drug-likeness (QED) is 0.512. The summed E-state index contributed by atoms with van der Waals surface area (Å²) in [6.07, 6.45) is 2.68. The molecule has 3 unspecified atom stereocenters. The minimum absolute atomic E-state index is 0.156. The number of fused-ring (bicyclic) bond motifs is 1. The first kappa shape index (κ1) is 25.9. The zero-order valence-corrected chi connectivity index (χ0v) is 19.4. The van der Waals surface area contributed by atoms with Crippen molar-refractivity contribution in [2.45, 2.75) is 64.3 Å². The summed E-state index contributed by atoms with van der Waals surface area (Å²) in [4.78, 5) is 45.6. The number of aromatic nitrogens is 3. The van der Waals surface area contributed by atoms with Gasteiger partial charge in [0.15, 0.2) is 6.04 Å². The predicted molar refractivity (Wildman–Crippen MR) is 116 cm³/mol. The van der Waals surface area contributed by atoms with Crippen LogP contribution in [-0.4, -0.2) is 50.4 Å². The number of amides is 3. The highest BCUT2D eigenvalue weighted by atomic mass is 19.4. The molecule has 2 aromatic rings. The molecule has 0 spiro atoms. The molecule has 1 aliphatic carbocycles. The number of hydrogen-bond acceptors (Lipinski definition) is 6. The fraction of sp³-hybridized carbons (Fsp3) is 0.545. The first-order valence-corrected chi connectivity index (χ1v) is 10.9. The van der Waals surface area contributed by atoms with Gasteiger partial charge in [-0.2, -0.15) is 18.4 Å². The van der Waals surface area contributed by atoms with E-state index in [1.165, 1.54) is 45.7 Å². The van der Waals surface area contributed by atoms with E-state index >= 15 is 0 Å². The topological polar surface area (TPSA) is 141 Å². The van der Waals surface area contributed by atoms with Crippen LogP contribution in [0.25, 0.3) is 5.52 Å². The maximum atomic E-state index is 13.1. The number of carbonyl (C=O) groups excluding carboxylic acids is 3. The third-order valence-electron chi connectivity index (χ3n) is 5.63. The smallest absolute Gasteiger partial charge is 0.342 e. The van der Waals surface area contributed by atoms with Gasteiger partial charge < -0.3 is 16.0 Å². The van der Waals surface area contributed by atoms with Crippen molar-refractivity contribution in [1.29, 1.82) is 5.26 Å². The van der Waals surface area contributed by atoms with Crippen LogP contribution < -0.4 is 16.0 Å². The molecule has 1 saturated carbocycles. The molecule has 2 heterocycles.